The van der Waals surface area contributed by atoms with Gasteiger partial charge in [-0.1, -0.05) is 60.7 Å². The van der Waals surface area contributed by atoms with Crippen molar-refractivity contribution >= 4 is 11.6 Å². The molecule has 4 nitrogen and oxygen atoms in total. The number of rotatable bonds is 9. The molecule has 0 N–H and O–H groups in total. The van der Waals surface area contributed by atoms with Gasteiger partial charge in [-0.2, -0.15) is 9.13 Å². The number of aryl methyl sites for hydroxylation is 2. The summed E-state index contributed by atoms with van der Waals surface area (Å²) in [6.07, 6.45) is 9.68. The van der Waals surface area contributed by atoms with Gasteiger partial charge in [-0.15, -0.1) is 0 Å². The van der Waals surface area contributed by atoms with Crippen molar-refractivity contribution in [1.82, 2.24) is 0 Å². The quantitative estimate of drug-likeness (QED) is 0.304. The summed E-state index contributed by atoms with van der Waals surface area (Å²) < 4.78 is 3.82. The Morgan fingerprint density at radius 1 is 0.500 bits per heavy atom. The largest absolute Gasteiger partial charge is 0.287 e. The van der Waals surface area contributed by atoms with E-state index in [-0.39, 0.29) is 11.6 Å². The predicted molar refractivity (Wildman–Crippen MR) is 122 cm³/mol. The van der Waals surface area contributed by atoms with E-state index in [0.717, 1.165) is 24.0 Å². The van der Waals surface area contributed by atoms with Gasteiger partial charge in [0.25, 0.3) is 0 Å². The third-order valence-electron chi connectivity index (χ3n) is 5.47. The van der Waals surface area contributed by atoms with Crippen LogP contribution in [0.5, 0.6) is 0 Å². The summed E-state index contributed by atoms with van der Waals surface area (Å²) in [5.41, 5.74) is 3.92. The molecule has 32 heavy (non-hydrogen) atoms. The lowest BCUT2D eigenvalue weighted by molar-refractivity contribution is -0.683. The molecular formula is C28H26N2O2+2. The smallest absolute Gasteiger partial charge is 0.227 e. The van der Waals surface area contributed by atoms with Crippen LogP contribution in [0.25, 0.3) is 0 Å². The van der Waals surface area contributed by atoms with Gasteiger partial charge >= 0.3 is 0 Å². The lowest BCUT2D eigenvalue weighted by Gasteiger charge is -2.03. The number of Topliss-reactive ketones (excluding diaryl/α,β-unsaturated/α-hetero) is 2. The van der Waals surface area contributed by atoms with E-state index in [9.17, 15) is 9.59 Å². The van der Waals surface area contributed by atoms with E-state index in [1.54, 1.807) is 0 Å². The van der Waals surface area contributed by atoms with Crippen molar-refractivity contribution in [1.29, 1.82) is 0 Å². The Bertz CT molecular complexity index is 1070. The molecule has 0 saturated carbocycles. The fraction of sp³-hybridized carbons (Fsp3) is 0.143. The van der Waals surface area contributed by atoms with Crippen molar-refractivity contribution in [2.24, 2.45) is 0 Å². The summed E-state index contributed by atoms with van der Waals surface area (Å²) in [4.78, 5) is 24.7. The second-order valence-electron chi connectivity index (χ2n) is 7.84. The van der Waals surface area contributed by atoms with E-state index < -0.39 is 0 Å². The van der Waals surface area contributed by atoms with E-state index in [1.165, 1.54) is 11.1 Å². The topological polar surface area (TPSA) is 41.9 Å². The van der Waals surface area contributed by atoms with Crippen LogP contribution >= 0.6 is 0 Å². The lowest BCUT2D eigenvalue weighted by atomic mass is 10.1. The van der Waals surface area contributed by atoms with Crippen LogP contribution in [0.1, 0.15) is 31.8 Å². The molecule has 0 saturated heterocycles. The Kier molecular flexibility index (Phi) is 6.93. The molecule has 158 valence electrons. The highest BCUT2D eigenvalue weighted by atomic mass is 16.1. The first-order chi connectivity index (χ1) is 15.7. The Morgan fingerprint density at radius 3 is 1.19 bits per heavy atom. The molecular weight excluding hydrogens is 396 g/mol. The molecule has 2 heterocycles. The highest BCUT2D eigenvalue weighted by Gasteiger charge is 2.13. The maximum atomic E-state index is 12.3. The van der Waals surface area contributed by atoms with Gasteiger partial charge in [-0.05, 0) is 24.0 Å². The molecule has 2 aromatic carbocycles. The third-order valence-corrected chi connectivity index (χ3v) is 5.47. The highest BCUT2D eigenvalue weighted by molar-refractivity contribution is 5.95. The minimum Gasteiger partial charge on any atom is -0.287 e. The Balaban J connectivity index is 1.28. The van der Waals surface area contributed by atoms with Crippen molar-refractivity contribution in [2.75, 3.05) is 0 Å². The minimum atomic E-state index is 0.103. The number of ketones is 2. The van der Waals surface area contributed by atoms with Crippen molar-refractivity contribution in [2.45, 2.75) is 25.9 Å². The molecule has 0 atom stereocenters. The van der Waals surface area contributed by atoms with Crippen LogP contribution in [0, 0.1) is 0 Å². The molecule has 4 aromatic rings. The normalized spacial score (nSPS) is 10.6. The SMILES string of the molecule is O=C(C[n+]1ccc(CCc2cc[n+](CC(=O)c3ccccc3)cc2)cc1)c1ccccc1. The second-order valence-corrected chi connectivity index (χ2v) is 7.84. The number of nitrogens with zero attached hydrogens (tertiary/aromatic N) is 2. The van der Waals surface area contributed by atoms with Crippen molar-refractivity contribution in [3.8, 4) is 0 Å². The van der Waals surface area contributed by atoms with Crippen LogP contribution < -0.4 is 9.13 Å². The predicted octanol–water partition coefficient (Wildman–Crippen LogP) is 3.81. The maximum absolute atomic E-state index is 12.3. The van der Waals surface area contributed by atoms with E-state index in [0.29, 0.717) is 13.1 Å². The number of benzene rings is 2. The number of carbonyl (C=O) groups excluding carboxylic acids is 2. The molecule has 4 rings (SSSR count). The Labute approximate surface area is 188 Å². The number of aromatic nitrogens is 2. The summed E-state index contributed by atoms with van der Waals surface area (Å²) in [5, 5.41) is 0. The third kappa shape index (κ3) is 5.82. The summed E-state index contributed by atoms with van der Waals surface area (Å²) in [7, 11) is 0. The standard InChI is InChI=1S/C28H26N2O2/c31-27(25-7-3-1-4-8-25)21-29-17-13-23(14-18-29)11-12-24-15-19-30(20-16-24)22-28(32)26-9-5-2-6-10-26/h1-10,13-20H,11-12,21-22H2/q+2. The van der Waals surface area contributed by atoms with Gasteiger partial charge in [0.15, 0.2) is 24.8 Å². The summed E-state index contributed by atoms with van der Waals surface area (Å²) in [6.45, 7) is 0.676. The zero-order valence-corrected chi connectivity index (χ0v) is 17.9. The first-order valence-corrected chi connectivity index (χ1v) is 10.8. The Morgan fingerprint density at radius 2 is 0.844 bits per heavy atom. The fourth-order valence-electron chi connectivity index (χ4n) is 3.57. The average Bonchev–Trinajstić information content (AvgIpc) is 2.85. The molecule has 2 aromatic heterocycles. The van der Waals surface area contributed by atoms with Gasteiger partial charge in [-0.3, -0.25) is 9.59 Å². The molecule has 0 radical (unpaired) electrons. The molecule has 0 aliphatic rings. The van der Waals surface area contributed by atoms with Crippen molar-refractivity contribution < 1.29 is 18.7 Å². The van der Waals surface area contributed by atoms with Crippen molar-refractivity contribution in [3.63, 3.8) is 0 Å². The average molecular weight is 423 g/mol. The Hall–Kier alpha value is -3.92. The van der Waals surface area contributed by atoms with Gasteiger partial charge < -0.3 is 0 Å². The number of carbonyl (C=O) groups is 2. The number of hydrogen-bond acceptors (Lipinski definition) is 2. The van der Waals surface area contributed by atoms with Crippen LogP contribution in [-0.4, -0.2) is 11.6 Å². The van der Waals surface area contributed by atoms with Crippen molar-refractivity contribution in [3.05, 3.63) is 132 Å². The van der Waals surface area contributed by atoms with Crippen LogP contribution in [0.4, 0.5) is 0 Å². The summed E-state index contributed by atoms with van der Waals surface area (Å²) in [6, 6.07) is 27.0. The highest BCUT2D eigenvalue weighted by Crippen LogP contribution is 2.06. The lowest BCUT2D eigenvalue weighted by Crippen LogP contribution is -2.37. The van der Waals surface area contributed by atoms with Gasteiger partial charge in [0.1, 0.15) is 0 Å². The van der Waals surface area contributed by atoms with Crippen LogP contribution in [-0.2, 0) is 25.9 Å². The van der Waals surface area contributed by atoms with Crippen LogP contribution in [0.15, 0.2) is 110 Å². The zero-order valence-electron chi connectivity index (χ0n) is 17.9. The number of hydrogen-bond donors (Lipinski definition) is 0. The summed E-state index contributed by atoms with van der Waals surface area (Å²) >= 11 is 0. The number of pyridine rings is 2. The first-order valence-electron chi connectivity index (χ1n) is 10.8. The monoisotopic (exact) mass is 422 g/mol. The second kappa shape index (κ2) is 10.4. The molecule has 0 aliphatic carbocycles. The van der Waals surface area contributed by atoms with Crippen LogP contribution in [0.3, 0.4) is 0 Å². The van der Waals surface area contributed by atoms with E-state index >= 15 is 0 Å². The molecule has 0 fully saturated rings. The maximum Gasteiger partial charge on any atom is 0.227 e. The van der Waals surface area contributed by atoms with Gasteiger partial charge in [0.2, 0.25) is 24.7 Å². The van der Waals surface area contributed by atoms with Gasteiger partial charge in [-0.25, -0.2) is 0 Å². The van der Waals surface area contributed by atoms with E-state index in [4.69, 9.17) is 0 Å². The summed E-state index contributed by atoms with van der Waals surface area (Å²) in [5.74, 6) is 0.207. The molecule has 0 unspecified atom stereocenters. The van der Waals surface area contributed by atoms with E-state index in [2.05, 4.69) is 24.3 Å². The molecule has 4 heteroatoms. The molecule has 0 aliphatic heterocycles. The van der Waals surface area contributed by atoms with Crippen LogP contribution in [0.2, 0.25) is 0 Å². The molecule has 0 spiro atoms. The first kappa shape index (κ1) is 21.3. The fourth-order valence-corrected chi connectivity index (χ4v) is 3.57. The molecule has 0 amide bonds. The minimum absolute atomic E-state index is 0.103. The zero-order chi connectivity index (χ0) is 22.2. The van der Waals surface area contributed by atoms with E-state index in [1.807, 2.05) is 94.6 Å². The molecule has 0 bridgehead atoms. The van der Waals surface area contributed by atoms with Gasteiger partial charge in [0.05, 0.1) is 0 Å². The van der Waals surface area contributed by atoms with Gasteiger partial charge in [0, 0.05) is 35.4 Å².